The van der Waals surface area contributed by atoms with E-state index in [9.17, 15) is 0 Å². The highest BCUT2D eigenvalue weighted by molar-refractivity contribution is 6.30. The number of hydrogen-bond acceptors (Lipinski definition) is 1. The lowest BCUT2D eigenvalue weighted by molar-refractivity contribution is 1.35. The van der Waals surface area contributed by atoms with Crippen LogP contribution in [-0.2, 0) is 0 Å². The van der Waals surface area contributed by atoms with Crippen LogP contribution >= 0.6 is 11.6 Å². The number of rotatable bonds is 2. The first kappa shape index (κ1) is 13.1. The molecule has 0 aliphatic rings. The first-order chi connectivity index (χ1) is 10.8. The minimum atomic E-state index is 0.503. The Morgan fingerprint density at radius 3 is 2.50 bits per heavy atom. The molecule has 0 bridgehead atoms. The Morgan fingerprint density at radius 2 is 1.64 bits per heavy atom. The first-order valence-electron chi connectivity index (χ1n) is 7.11. The highest BCUT2D eigenvalue weighted by Crippen LogP contribution is 2.26. The molecule has 0 fully saturated rings. The van der Waals surface area contributed by atoms with Crippen LogP contribution in [0.2, 0.25) is 5.15 Å². The lowest BCUT2D eigenvalue weighted by Crippen LogP contribution is -1.75. The molecule has 3 heteroatoms. The van der Waals surface area contributed by atoms with Crippen LogP contribution in [0.1, 0.15) is 11.1 Å². The number of hydrogen-bond donors (Lipinski definition) is 1. The van der Waals surface area contributed by atoms with Gasteiger partial charge in [0.15, 0.2) is 0 Å². The highest BCUT2D eigenvalue weighted by atomic mass is 35.5. The van der Waals surface area contributed by atoms with Crippen LogP contribution in [0.5, 0.6) is 0 Å². The van der Waals surface area contributed by atoms with E-state index in [1.54, 1.807) is 0 Å². The summed E-state index contributed by atoms with van der Waals surface area (Å²) in [5, 5.41) is 2.76. The van der Waals surface area contributed by atoms with Crippen LogP contribution in [0.3, 0.4) is 0 Å². The molecule has 0 unspecified atom stereocenters. The number of pyridine rings is 1. The molecule has 0 aliphatic carbocycles. The zero-order chi connectivity index (χ0) is 14.9. The fourth-order valence-corrected chi connectivity index (χ4v) is 2.78. The summed E-state index contributed by atoms with van der Waals surface area (Å²) in [7, 11) is 0. The maximum Gasteiger partial charge on any atom is 0.140 e. The Morgan fingerprint density at radius 1 is 0.818 bits per heavy atom. The lowest BCUT2D eigenvalue weighted by Gasteiger charge is -1.96. The summed E-state index contributed by atoms with van der Waals surface area (Å²) >= 11 is 5.95. The molecule has 2 aromatic heterocycles. The zero-order valence-corrected chi connectivity index (χ0v) is 12.5. The van der Waals surface area contributed by atoms with Crippen molar-refractivity contribution < 1.29 is 0 Å². The molecule has 1 N–H and O–H groups in total. The molecule has 2 nitrogen and oxygen atoms in total. The summed E-state index contributed by atoms with van der Waals surface area (Å²) in [6.07, 6.45) is 4.24. The largest absolute Gasteiger partial charge is 0.339 e. The SMILES string of the molecule is Clc1ccc2c(n1)[nH]c1ccc(C=Cc3ccccc3)cc12. The Balaban J connectivity index is 1.80. The third kappa shape index (κ3) is 2.38. The van der Waals surface area contributed by atoms with Crippen molar-refractivity contribution >= 4 is 45.7 Å². The minimum absolute atomic E-state index is 0.503. The summed E-state index contributed by atoms with van der Waals surface area (Å²) in [6, 6.07) is 20.5. The van der Waals surface area contributed by atoms with Gasteiger partial charge in [0.2, 0.25) is 0 Å². The quantitative estimate of drug-likeness (QED) is 0.382. The van der Waals surface area contributed by atoms with Crippen LogP contribution in [0.15, 0.2) is 60.7 Å². The van der Waals surface area contributed by atoms with Crippen molar-refractivity contribution in [2.45, 2.75) is 0 Å². The molecule has 2 aromatic carbocycles. The van der Waals surface area contributed by atoms with E-state index in [0.717, 1.165) is 27.5 Å². The van der Waals surface area contributed by atoms with E-state index in [2.05, 4.69) is 52.5 Å². The van der Waals surface area contributed by atoms with Gasteiger partial charge in [0.05, 0.1) is 0 Å². The van der Waals surface area contributed by atoms with Gasteiger partial charge in [0.25, 0.3) is 0 Å². The summed E-state index contributed by atoms with van der Waals surface area (Å²) in [6.45, 7) is 0. The minimum Gasteiger partial charge on any atom is -0.339 e. The van der Waals surface area contributed by atoms with Gasteiger partial charge in [0.1, 0.15) is 10.8 Å². The topological polar surface area (TPSA) is 28.7 Å². The number of benzene rings is 2. The first-order valence-corrected chi connectivity index (χ1v) is 7.48. The van der Waals surface area contributed by atoms with Gasteiger partial charge in [-0.1, -0.05) is 60.2 Å². The van der Waals surface area contributed by atoms with Crippen LogP contribution in [0, 0.1) is 0 Å². The van der Waals surface area contributed by atoms with E-state index in [4.69, 9.17) is 11.6 Å². The molecule has 0 saturated carbocycles. The van der Waals surface area contributed by atoms with Gasteiger partial charge in [-0.2, -0.15) is 0 Å². The van der Waals surface area contributed by atoms with Gasteiger partial charge in [-0.25, -0.2) is 4.98 Å². The summed E-state index contributed by atoms with van der Waals surface area (Å²) < 4.78 is 0. The molecule has 2 heterocycles. The van der Waals surface area contributed by atoms with Gasteiger partial charge in [0, 0.05) is 16.3 Å². The van der Waals surface area contributed by atoms with Crippen LogP contribution in [-0.4, -0.2) is 9.97 Å². The molecular weight excluding hydrogens is 292 g/mol. The second-order valence-electron chi connectivity index (χ2n) is 5.20. The molecule has 0 aliphatic heterocycles. The molecular formula is C19H13ClN2. The van der Waals surface area contributed by atoms with E-state index in [1.807, 2.05) is 30.3 Å². The number of nitrogens with zero attached hydrogens (tertiary/aromatic N) is 1. The maximum atomic E-state index is 5.95. The standard InChI is InChI=1S/C19H13ClN2/c20-18-11-9-15-16-12-14(7-6-13-4-2-1-3-5-13)8-10-17(16)21-19(15)22-18/h1-12H,(H,21,22). The third-order valence-electron chi connectivity index (χ3n) is 3.72. The second-order valence-corrected chi connectivity index (χ2v) is 5.59. The summed E-state index contributed by atoms with van der Waals surface area (Å²) in [4.78, 5) is 7.63. The molecule has 4 aromatic rings. The van der Waals surface area contributed by atoms with Crippen LogP contribution < -0.4 is 0 Å². The molecule has 106 valence electrons. The van der Waals surface area contributed by atoms with Crippen molar-refractivity contribution in [3.05, 3.63) is 76.9 Å². The van der Waals surface area contributed by atoms with Gasteiger partial charge >= 0.3 is 0 Å². The number of aromatic amines is 1. The molecule has 0 spiro atoms. The molecule has 0 saturated heterocycles. The fourth-order valence-electron chi connectivity index (χ4n) is 2.63. The average Bonchev–Trinajstić information content (AvgIpc) is 2.90. The van der Waals surface area contributed by atoms with E-state index in [-0.39, 0.29) is 0 Å². The average molecular weight is 305 g/mol. The van der Waals surface area contributed by atoms with E-state index in [1.165, 1.54) is 5.56 Å². The monoisotopic (exact) mass is 304 g/mol. The Labute approximate surface area is 133 Å². The Kier molecular flexibility index (Phi) is 3.17. The number of H-pyrrole nitrogens is 1. The van der Waals surface area contributed by atoms with E-state index < -0.39 is 0 Å². The number of aromatic nitrogens is 2. The molecule has 22 heavy (non-hydrogen) atoms. The maximum absolute atomic E-state index is 5.95. The zero-order valence-electron chi connectivity index (χ0n) is 11.8. The molecule has 0 amide bonds. The second kappa shape index (κ2) is 5.32. The fraction of sp³-hybridized carbons (Fsp3) is 0. The molecule has 0 atom stereocenters. The van der Waals surface area contributed by atoms with Crippen molar-refractivity contribution in [2.24, 2.45) is 0 Å². The van der Waals surface area contributed by atoms with Gasteiger partial charge in [-0.15, -0.1) is 0 Å². The van der Waals surface area contributed by atoms with Crippen molar-refractivity contribution in [3.8, 4) is 0 Å². The van der Waals surface area contributed by atoms with Gasteiger partial charge in [-0.3, -0.25) is 0 Å². The van der Waals surface area contributed by atoms with Crippen LogP contribution in [0.25, 0.3) is 34.1 Å². The van der Waals surface area contributed by atoms with Gasteiger partial charge in [-0.05, 0) is 35.4 Å². The van der Waals surface area contributed by atoms with Crippen molar-refractivity contribution in [1.82, 2.24) is 9.97 Å². The summed E-state index contributed by atoms with van der Waals surface area (Å²) in [5.74, 6) is 0. The Bertz CT molecular complexity index is 984. The summed E-state index contributed by atoms with van der Waals surface area (Å²) in [5.41, 5.74) is 4.25. The third-order valence-corrected chi connectivity index (χ3v) is 3.93. The van der Waals surface area contributed by atoms with Crippen LogP contribution in [0.4, 0.5) is 0 Å². The van der Waals surface area contributed by atoms with Gasteiger partial charge < -0.3 is 4.98 Å². The van der Waals surface area contributed by atoms with Crippen molar-refractivity contribution in [1.29, 1.82) is 0 Å². The number of nitrogens with one attached hydrogen (secondary N) is 1. The molecule has 4 rings (SSSR count). The predicted octanol–water partition coefficient (Wildman–Crippen LogP) is 5.54. The Hall–Kier alpha value is -2.58. The highest BCUT2D eigenvalue weighted by Gasteiger charge is 2.05. The normalized spacial score (nSPS) is 11.7. The predicted molar refractivity (Wildman–Crippen MR) is 94.0 cm³/mol. The van der Waals surface area contributed by atoms with Crippen molar-refractivity contribution in [3.63, 3.8) is 0 Å². The molecule has 0 radical (unpaired) electrons. The number of halogens is 1. The smallest absolute Gasteiger partial charge is 0.140 e. The van der Waals surface area contributed by atoms with Crippen molar-refractivity contribution in [2.75, 3.05) is 0 Å². The number of fused-ring (bicyclic) bond motifs is 3. The lowest BCUT2D eigenvalue weighted by atomic mass is 10.1. The van der Waals surface area contributed by atoms with E-state index >= 15 is 0 Å². The van der Waals surface area contributed by atoms with E-state index in [0.29, 0.717) is 5.15 Å².